The Morgan fingerprint density at radius 1 is 0.622 bits per heavy atom. The average molecular weight is 529 g/mol. The number of hydrogen-bond donors (Lipinski definition) is 0. The van der Waals surface area contributed by atoms with Gasteiger partial charge in [-0.2, -0.15) is 0 Å². The van der Waals surface area contributed by atoms with Gasteiger partial charge >= 0.3 is 5.97 Å². The van der Waals surface area contributed by atoms with Crippen LogP contribution in [0.1, 0.15) is 112 Å². The summed E-state index contributed by atoms with van der Waals surface area (Å²) in [6.45, 7) is 14.7. The molecule has 4 aliphatic rings. The van der Waals surface area contributed by atoms with E-state index in [1.165, 1.54) is 0 Å². The van der Waals surface area contributed by atoms with Crippen LogP contribution in [0.3, 0.4) is 0 Å². The molecule has 37 heavy (non-hydrogen) atoms. The summed E-state index contributed by atoms with van der Waals surface area (Å²) in [6.07, 6.45) is 8.56. The van der Waals surface area contributed by atoms with Gasteiger partial charge in [0.15, 0.2) is 0 Å². The second kappa shape index (κ2) is 13.1. The molecule has 0 aromatic heterocycles. The summed E-state index contributed by atoms with van der Waals surface area (Å²) < 4.78 is 43.4. The van der Waals surface area contributed by atoms with Crippen molar-refractivity contribution in [3.05, 3.63) is 0 Å². The van der Waals surface area contributed by atoms with Crippen molar-refractivity contribution in [1.29, 1.82) is 0 Å². The first kappa shape index (κ1) is 30.8. The number of carbonyl (C=O) groups excluding carboxylic acids is 1. The van der Waals surface area contributed by atoms with E-state index in [4.69, 9.17) is 33.2 Å². The van der Waals surface area contributed by atoms with Crippen molar-refractivity contribution in [2.24, 2.45) is 5.41 Å². The number of rotatable bonds is 19. The summed E-state index contributed by atoms with van der Waals surface area (Å²) in [6, 6.07) is 0. The van der Waals surface area contributed by atoms with Gasteiger partial charge in [0.25, 0.3) is 0 Å². The summed E-state index contributed by atoms with van der Waals surface area (Å²) >= 11 is 0. The molecule has 4 bridgehead atoms. The van der Waals surface area contributed by atoms with Crippen LogP contribution < -0.4 is 0 Å². The lowest BCUT2D eigenvalue weighted by Crippen LogP contribution is -2.74. The fourth-order valence-corrected chi connectivity index (χ4v) is 6.53. The molecule has 8 heteroatoms. The quantitative estimate of drug-likeness (QED) is 0.117. The third kappa shape index (κ3) is 7.67. The molecule has 0 amide bonds. The van der Waals surface area contributed by atoms with Crippen LogP contribution in [0.2, 0.25) is 0 Å². The molecule has 8 nitrogen and oxygen atoms in total. The number of carbonyl (C=O) groups is 1. The number of ether oxygens (including phenoxy) is 7. The van der Waals surface area contributed by atoms with Gasteiger partial charge in [0.2, 0.25) is 0 Å². The van der Waals surface area contributed by atoms with Gasteiger partial charge in [-0.1, -0.05) is 34.1 Å². The Balaban J connectivity index is 1.90. The van der Waals surface area contributed by atoms with Crippen LogP contribution in [0, 0.1) is 5.41 Å². The van der Waals surface area contributed by atoms with Crippen LogP contribution in [0.25, 0.3) is 0 Å². The van der Waals surface area contributed by atoms with Gasteiger partial charge in [-0.05, 0) is 39.5 Å². The van der Waals surface area contributed by atoms with Crippen LogP contribution >= 0.6 is 0 Å². The summed E-state index contributed by atoms with van der Waals surface area (Å²) in [4.78, 5) is 13.4. The molecule has 2 atom stereocenters. The van der Waals surface area contributed by atoms with E-state index in [9.17, 15) is 4.79 Å². The molecule has 0 radical (unpaired) electrons. The highest BCUT2D eigenvalue weighted by atomic mass is 16.7. The van der Waals surface area contributed by atoms with Crippen LogP contribution in [0.5, 0.6) is 0 Å². The Hall–Kier alpha value is -0.770. The van der Waals surface area contributed by atoms with Crippen LogP contribution in [0.4, 0.5) is 0 Å². The highest BCUT2D eigenvalue weighted by Gasteiger charge is 2.72. The van der Waals surface area contributed by atoms with Crippen LogP contribution in [-0.4, -0.2) is 68.6 Å². The normalized spacial score (nSPS) is 32.7. The fraction of sp³-hybridized carbons (Fsp3) is 0.966. The monoisotopic (exact) mass is 528 g/mol. The predicted octanol–water partition coefficient (Wildman–Crippen LogP) is 5.89. The first-order chi connectivity index (χ1) is 17.6. The number of unbranched alkanes of at least 4 members (excludes halogenated alkanes) is 1. The summed E-state index contributed by atoms with van der Waals surface area (Å²) in [5.74, 6) is -0.180. The van der Waals surface area contributed by atoms with Crippen molar-refractivity contribution >= 4 is 5.97 Å². The Morgan fingerprint density at radius 3 is 1.41 bits per heavy atom. The predicted molar refractivity (Wildman–Crippen MR) is 140 cm³/mol. The average Bonchev–Trinajstić information content (AvgIpc) is 2.83. The maximum absolute atomic E-state index is 13.4. The van der Waals surface area contributed by atoms with Crippen molar-refractivity contribution in [1.82, 2.24) is 0 Å². The van der Waals surface area contributed by atoms with Crippen molar-refractivity contribution in [3.63, 3.8) is 0 Å². The van der Waals surface area contributed by atoms with E-state index < -0.39 is 27.8 Å². The number of hydrogen-bond acceptors (Lipinski definition) is 8. The first-order valence-corrected chi connectivity index (χ1v) is 14.5. The maximum Gasteiger partial charge on any atom is 0.312 e. The van der Waals surface area contributed by atoms with E-state index in [1.54, 1.807) is 0 Å². The molecule has 216 valence electrons. The molecule has 0 aromatic rings. The van der Waals surface area contributed by atoms with E-state index in [2.05, 4.69) is 20.8 Å². The number of esters is 1. The molecule has 4 rings (SSSR count). The zero-order valence-corrected chi connectivity index (χ0v) is 24.3. The van der Waals surface area contributed by atoms with E-state index >= 15 is 0 Å². The van der Waals surface area contributed by atoms with Gasteiger partial charge in [0.05, 0.1) is 22.2 Å². The highest BCUT2D eigenvalue weighted by molar-refractivity contribution is 5.76. The summed E-state index contributed by atoms with van der Waals surface area (Å²) in [5, 5.41) is 0. The second-order valence-electron chi connectivity index (χ2n) is 12.3. The molecule has 0 aliphatic heterocycles. The van der Waals surface area contributed by atoms with E-state index in [-0.39, 0.29) is 26.3 Å². The lowest BCUT2D eigenvalue weighted by atomic mass is 9.48. The largest absolute Gasteiger partial charge is 0.458 e. The second-order valence-corrected chi connectivity index (χ2v) is 12.3. The first-order valence-electron chi connectivity index (χ1n) is 14.5. The van der Waals surface area contributed by atoms with Crippen LogP contribution in [-0.2, 0) is 38.0 Å². The van der Waals surface area contributed by atoms with E-state index in [1.807, 2.05) is 20.8 Å². The summed E-state index contributed by atoms with van der Waals surface area (Å²) in [7, 11) is 0. The zero-order valence-electron chi connectivity index (χ0n) is 24.3. The molecule has 0 spiro atoms. The molecule has 4 fully saturated rings. The Bertz CT molecular complexity index is 695. The lowest BCUT2D eigenvalue weighted by Gasteiger charge is -2.68. The van der Waals surface area contributed by atoms with Crippen molar-refractivity contribution in [3.8, 4) is 0 Å². The molecule has 0 N–H and O–H groups in total. The standard InChI is InChI=1S/C29H52O8/c1-7-11-14-33-23-36-28-16-26(34-21-31-12-8-2)15-27(17-28,35-22-32-13-9-3)19-29(18-26,20-28)37-24(30)25(5,6)10-4/h7-23H2,1-6H3. The van der Waals surface area contributed by atoms with Gasteiger partial charge in [0, 0.05) is 58.3 Å². The minimum atomic E-state index is -0.739. The minimum Gasteiger partial charge on any atom is -0.458 e. The third-order valence-corrected chi connectivity index (χ3v) is 8.30. The topological polar surface area (TPSA) is 81.7 Å². The van der Waals surface area contributed by atoms with Gasteiger partial charge in [0.1, 0.15) is 26.0 Å². The molecule has 0 heterocycles. The van der Waals surface area contributed by atoms with Gasteiger partial charge in [-0.15, -0.1) is 0 Å². The van der Waals surface area contributed by atoms with E-state index in [0.29, 0.717) is 64.8 Å². The minimum absolute atomic E-state index is 0.180. The molecular formula is C29H52O8. The van der Waals surface area contributed by atoms with Crippen molar-refractivity contribution in [2.75, 3.05) is 40.2 Å². The SMILES string of the molecule is CCCCOCOC12CC3(OCOCCC)CC(OCOCCC)(C1)CC(OC(=O)C(C)(C)CC)(C3)C2. The zero-order chi connectivity index (χ0) is 27.0. The maximum atomic E-state index is 13.4. The molecule has 0 saturated heterocycles. The summed E-state index contributed by atoms with van der Waals surface area (Å²) in [5.41, 5.74) is -3.04. The fourth-order valence-electron chi connectivity index (χ4n) is 6.53. The van der Waals surface area contributed by atoms with Crippen molar-refractivity contribution in [2.45, 2.75) is 135 Å². The van der Waals surface area contributed by atoms with Gasteiger partial charge in [-0.25, -0.2) is 0 Å². The van der Waals surface area contributed by atoms with Gasteiger partial charge < -0.3 is 33.2 Å². The molecular weight excluding hydrogens is 476 g/mol. The lowest BCUT2D eigenvalue weighted by molar-refractivity contribution is -0.352. The van der Waals surface area contributed by atoms with Crippen molar-refractivity contribution < 1.29 is 38.0 Å². The third-order valence-electron chi connectivity index (χ3n) is 8.30. The molecule has 4 aliphatic carbocycles. The smallest absolute Gasteiger partial charge is 0.312 e. The molecule has 0 aromatic carbocycles. The molecule has 4 saturated carbocycles. The Labute approximate surface area is 224 Å². The van der Waals surface area contributed by atoms with E-state index in [0.717, 1.165) is 25.7 Å². The van der Waals surface area contributed by atoms with Gasteiger partial charge in [-0.3, -0.25) is 4.79 Å². The highest BCUT2D eigenvalue weighted by Crippen LogP contribution is 2.65. The van der Waals surface area contributed by atoms with Crippen LogP contribution in [0.15, 0.2) is 0 Å². The Morgan fingerprint density at radius 2 is 1.03 bits per heavy atom. The molecule has 2 unspecified atom stereocenters. The Kier molecular flexibility index (Phi) is 10.9.